The molecular formula is C46H29NOS. The quantitative estimate of drug-likeness (QED) is 0.186. The minimum atomic E-state index is 0.912. The van der Waals surface area contributed by atoms with E-state index >= 15 is 0 Å². The molecule has 0 unspecified atom stereocenters. The molecule has 2 nitrogen and oxygen atoms in total. The van der Waals surface area contributed by atoms with Crippen LogP contribution in [0, 0.1) is 0 Å². The number of rotatable bonds is 5. The highest BCUT2D eigenvalue weighted by Crippen LogP contribution is 2.42. The summed E-state index contributed by atoms with van der Waals surface area (Å²) in [6, 6.07) is 63.3. The molecule has 0 atom stereocenters. The van der Waals surface area contributed by atoms with Crippen LogP contribution in [0.15, 0.2) is 180 Å². The van der Waals surface area contributed by atoms with Crippen LogP contribution >= 0.6 is 11.3 Å². The molecule has 0 aliphatic carbocycles. The summed E-state index contributed by atoms with van der Waals surface area (Å²) in [4.78, 5) is 2.37. The Hall–Kier alpha value is -6.16. The number of furan rings is 1. The van der Waals surface area contributed by atoms with Gasteiger partial charge in [0.05, 0.1) is 0 Å². The van der Waals surface area contributed by atoms with Gasteiger partial charge in [-0.3, -0.25) is 0 Å². The van der Waals surface area contributed by atoms with Crippen LogP contribution in [-0.4, -0.2) is 0 Å². The Morgan fingerprint density at radius 3 is 2.00 bits per heavy atom. The van der Waals surface area contributed by atoms with Gasteiger partial charge in [-0.05, 0) is 88.1 Å². The van der Waals surface area contributed by atoms with Gasteiger partial charge in [0.15, 0.2) is 0 Å². The van der Waals surface area contributed by atoms with Crippen LogP contribution in [0.4, 0.5) is 17.1 Å². The summed E-state index contributed by atoms with van der Waals surface area (Å²) in [5.74, 6) is 0. The fourth-order valence-corrected chi connectivity index (χ4v) is 8.40. The van der Waals surface area contributed by atoms with Crippen molar-refractivity contribution in [1.29, 1.82) is 0 Å². The van der Waals surface area contributed by atoms with E-state index in [4.69, 9.17) is 4.42 Å². The minimum Gasteiger partial charge on any atom is -0.455 e. The number of thiophene rings is 1. The van der Waals surface area contributed by atoms with Crippen LogP contribution in [-0.2, 0) is 0 Å². The van der Waals surface area contributed by atoms with Crippen LogP contribution < -0.4 is 4.90 Å². The fraction of sp³-hybridized carbons (Fsp3) is 0. The van der Waals surface area contributed by atoms with Crippen molar-refractivity contribution in [2.24, 2.45) is 0 Å². The SMILES string of the molecule is c1ccc(-c2cccc(N(c3ccc(-c4cccc5c4oc4ccccc45)cc3)c3ccc4cc5c(cc4c3)sc3ccccc35)c2)cc1. The number of anilines is 3. The summed E-state index contributed by atoms with van der Waals surface area (Å²) in [7, 11) is 0. The maximum absolute atomic E-state index is 6.39. The van der Waals surface area contributed by atoms with Gasteiger partial charge in [-0.15, -0.1) is 11.3 Å². The molecule has 3 heteroatoms. The zero-order valence-electron chi connectivity index (χ0n) is 26.5. The van der Waals surface area contributed by atoms with Crippen molar-refractivity contribution in [3.05, 3.63) is 176 Å². The Morgan fingerprint density at radius 2 is 1.10 bits per heavy atom. The largest absolute Gasteiger partial charge is 0.455 e. The predicted molar refractivity (Wildman–Crippen MR) is 210 cm³/mol. The highest BCUT2D eigenvalue weighted by molar-refractivity contribution is 7.25. The third kappa shape index (κ3) is 4.70. The molecule has 0 N–H and O–H groups in total. The number of hydrogen-bond donors (Lipinski definition) is 0. The average Bonchev–Trinajstić information content (AvgIpc) is 3.73. The molecule has 0 saturated heterocycles. The van der Waals surface area contributed by atoms with E-state index in [1.807, 2.05) is 23.5 Å². The maximum atomic E-state index is 6.39. The number of para-hydroxylation sites is 2. The molecule has 0 aliphatic rings. The maximum Gasteiger partial charge on any atom is 0.143 e. The van der Waals surface area contributed by atoms with Crippen LogP contribution in [0.2, 0.25) is 0 Å². The van der Waals surface area contributed by atoms with E-state index in [9.17, 15) is 0 Å². The number of hydrogen-bond acceptors (Lipinski definition) is 3. The highest BCUT2D eigenvalue weighted by Gasteiger charge is 2.17. The second kappa shape index (κ2) is 11.2. The molecular weight excluding hydrogens is 615 g/mol. The molecule has 0 aliphatic heterocycles. The zero-order chi connectivity index (χ0) is 32.3. The molecule has 230 valence electrons. The Bertz CT molecular complexity index is 2830. The van der Waals surface area contributed by atoms with E-state index in [-0.39, 0.29) is 0 Å². The third-order valence-electron chi connectivity index (χ3n) is 9.63. The van der Waals surface area contributed by atoms with E-state index in [1.165, 1.54) is 42.1 Å². The molecule has 0 amide bonds. The van der Waals surface area contributed by atoms with Gasteiger partial charge in [-0.2, -0.15) is 0 Å². The molecule has 0 spiro atoms. The Morgan fingerprint density at radius 1 is 0.388 bits per heavy atom. The summed E-state index contributed by atoms with van der Waals surface area (Å²) >= 11 is 1.86. The molecule has 0 saturated carbocycles. The Kier molecular flexibility index (Phi) is 6.39. The number of benzene rings is 8. The summed E-state index contributed by atoms with van der Waals surface area (Å²) in [5.41, 5.74) is 9.75. The molecule has 0 fully saturated rings. The van der Waals surface area contributed by atoms with E-state index < -0.39 is 0 Å². The molecule has 10 rings (SSSR count). The van der Waals surface area contributed by atoms with Crippen molar-refractivity contribution in [3.63, 3.8) is 0 Å². The first-order chi connectivity index (χ1) is 24.3. The lowest BCUT2D eigenvalue weighted by Crippen LogP contribution is -2.10. The van der Waals surface area contributed by atoms with Gasteiger partial charge in [0.25, 0.3) is 0 Å². The van der Waals surface area contributed by atoms with Gasteiger partial charge in [-0.25, -0.2) is 0 Å². The first-order valence-electron chi connectivity index (χ1n) is 16.6. The van der Waals surface area contributed by atoms with Crippen molar-refractivity contribution < 1.29 is 4.42 Å². The average molecular weight is 644 g/mol. The lowest BCUT2D eigenvalue weighted by molar-refractivity contribution is 0.670. The highest BCUT2D eigenvalue weighted by atomic mass is 32.1. The molecule has 2 heterocycles. The Balaban J connectivity index is 1.12. The van der Waals surface area contributed by atoms with Crippen molar-refractivity contribution in [2.75, 3.05) is 4.90 Å². The second-order valence-electron chi connectivity index (χ2n) is 12.6. The normalized spacial score (nSPS) is 11.7. The van der Waals surface area contributed by atoms with Crippen LogP contribution in [0.25, 0.3) is 75.1 Å². The van der Waals surface area contributed by atoms with Crippen LogP contribution in [0.1, 0.15) is 0 Å². The van der Waals surface area contributed by atoms with Crippen molar-refractivity contribution >= 4 is 81.3 Å². The molecule has 0 bridgehead atoms. The minimum absolute atomic E-state index is 0.912. The third-order valence-corrected chi connectivity index (χ3v) is 10.8. The van der Waals surface area contributed by atoms with Gasteiger partial charge < -0.3 is 9.32 Å². The standard InChI is InChI=1S/C46H29NOS/c1-2-10-30(11-3-1)32-12-8-13-36(26-32)47(37-25-22-33-28-42-40-15-5-7-19-44(40)49-45(42)29-34(33)27-37)35-23-20-31(21-24-35)38-16-9-17-41-39-14-4-6-18-43(39)48-46(38)41/h1-29H. The lowest BCUT2D eigenvalue weighted by atomic mass is 10.0. The monoisotopic (exact) mass is 643 g/mol. The van der Waals surface area contributed by atoms with Gasteiger partial charge in [0.1, 0.15) is 11.2 Å². The van der Waals surface area contributed by atoms with Gasteiger partial charge >= 0.3 is 0 Å². The molecule has 49 heavy (non-hydrogen) atoms. The van der Waals surface area contributed by atoms with Crippen molar-refractivity contribution in [2.45, 2.75) is 0 Å². The topological polar surface area (TPSA) is 16.4 Å². The van der Waals surface area contributed by atoms with Crippen LogP contribution in [0.3, 0.4) is 0 Å². The Labute approximate surface area is 287 Å². The summed E-state index contributed by atoms with van der Waals surface area (Å²) in [5, 5.41) is 7.40. The van der Waals surface area contributed by atoms with Crippen LogP contribution in [0.5, 0.6) is 0 Å². The fourth-order valence-electron chi connectivity index (χ4n) is 7.26. The summed E-state index contributed by atoms with van der Waals surface area (Å²) in [6.07, 6.45) is 0. The first kappa shape index (κ1) is 27.9. The van der Waals surface area contributed by atoms with Crippen molar-refractivity contribution in [1.82, 2.24) is 0 Å². The first-order valence-corrected chi connectivity index (χ1v) is 17.4. The molecule has 10 aromatic rings. The molecule has 0 radical (unpaired) electrons. The van der Waals surface area contributed by atoms with Gasteiger partial charge in [0.2, 0.25) is 0 Å². The summed E-state index contributed by atoms with van der Waals surface area (Å²) < 4.78 is 9.03. The van der Waals surface area contributed by atoms with Gasteiger partial charge in [0, 0.05) is 53.6 Å². The van der Waals surface area contributed by atoms with Crippen molar-refractivity contribution in [3.8, 4) is 22.3 Å². The number of nitrogens with zero attached hydrogens (tertiary/aromatic N) is 1. The van der Waals surface area contributed by atoms with E-state index in [0.29, 0.717) is 0 Å². The zero-order valence-corrected chi connectivity index (χ0v) is 27.3. The molecule has 2 aromatic heterocycles. The lowest BCUT2D eigenvalue weighted by Gasteiger charge is -2.26. The van der Waals surface area contributed by atoms with E-state index in [0.717, 1.165) is 50.1 Å². The smallest absolute Gasteiger partial charge is 0.143 e. The predicted octanol–water partition coefficient (Wildman–Crippen LogP) is 13.9. The second-order valence-corrected chi connectivity index (χ2v) is 13.6. The van der Waals surface area contributed by atoms with E-state index in [1.54, 1.807) is 0 Å². The summed E-state index contributed by atoms with van der Waals surface area (Å²) in [6.45, 7) is 0. The van der Waals surface area contributed by atoms with E-state index in [2.05, 4.69) is 169 Å². The molecule has 8 aromatic carbocycles. The number of fused-ring (bicyclic) bond motifs is 7. The van der Waals surface area contributed by atoms with Gasteiger partial charge in [-0.1, -0.05) is 115 Å².